The number of halogens is 3. The highest BCUT2D eigenvalue weighted by Gasteiger charge is 2.48. The van der Waals surface area contributed by atoms with Gasteiger partial charge in [-0.1, -0.05) is 32.6 Å². The molecule has 1 saturated heterocycles. The number of nitrogens with zero attached hydrogens (tertiary/aromatic N) is 1. The van der Waals surface area contributed by atoms with Gasteiger partial charge in [0.25, 0.3) is 0 Å². The van der Waals surface area contributed by atoms with E-state index in [-0.39, 0.29) is 12.5 Å². The van der Waals surface area contributed by atoms with Crippen molar-refractivity contribution in [2.24, 2.45) is 0 Å². The summed E-state index contributed by atoms with van der Waals surface area (Å²) < 4.78 is 37.5. The average Bonchev–Trinajstić information content (AvgIpc) is 2.54. The molecule has 0 radical (unpaired) electrons. The van der Waals surface area contributed by atoms with E-state index >= 15 is 0 Å². The second-order valence-corrected chi connectivity index (χ2v) is 4.42. The lowest BCUT2D eigenvalue weighted by molar-refractivity contribution is -0.232. The van der Waals surface area contributed by atoms with Crippen molar-refractivity contribution in [1.82, 2.24) is 5.06 Å². The second kappa shape index (κ2) is 5.87. The third-order valence-electron chi connectivity index (χ3n) is 3.00. The summed E-state index contributed by atoms with van der Waals surface area (Å²) in [7, 11) is 1.37. The SMILES string of the molecule is CCCCCC[C@@H]1C[C@@H](C(F)(F)F)N(C)O1. The number of hydrogen-bond acceptors (Lipinski definition) is 2. The highest BCUT2D eigenvalue weighted by Crippen LogP contribution is 2.34. The Bertz CT molecular complexity index is 208. The van der Waals surface area contributed by atoms with Crippen LogP contribution in [0.25, 0.3) is 0 Å². The Labute approximate surface area is 94.7 Å². The van der Waals surface area contributed by atoms with Gasteiger partial charge in [-0.15, -0.1) is 0 Å². The first-order chi connectivity index (χ1) is 7.45. The first-order valence-corrected chi connectivity index (χ1v) is 5.91. The van der Waals surface area contributed by atoms with E-state index in [1.165, 1.54) is 7.05 Å². The van der Waals surface area contributed by atoms with Crippen LogP contribution in [0.1, 0.15) is 45.4 Å². The van der Waals surface area contributed by atoms with Crippen molar-refractivity contribution < 1.29 is 18.0 Å². The minimum atomic E-state index is -4.17. The van der Waals surface area contributed by atoms with Crippen LogP contribution in [0.15, 0.2) is 0 Å². The van der Waals surface area contributed by atoms with Crippen molar-refractivity contribution in [1.29, 1.82) is 0 Å². The van der Waals surface area contributed by atoms with Gasteiger partial charge in [0, 0.05) is 13.5 Å². The molecule has 0 amide bonds. The maximum absolute atomic E-state index is 12.5. The molecule has 0 unspecified atom stereocenters. The van der Waals surface area contributed by atoms with Crippen LogP contribution in [0.3, 0.4) is 0 Å². The van der Waals surface area contributed by atoms with Crippen LogP contribution in [0.5, 0.6) is 0 Å². The van der Waals surface area contributed by atoms with Crippen LogP contribution in [0, 0.1) is 0 Å². The van der Waals surface area contributed by atoms with Gasteiger partial charge >= 0.3 is 6.18 Å². The first-order valence-electron chi connectivity index (χ1n) is 5.91. The van der Waals surface area contributed by atoms with E-state index in [4.69, 9.17) is 4.84 Å². The summed E-state index contributed by atoms with van der Waals surface area (Å²) >= 11 is 0. The van der Waals surface area contributed by atoms with Crippen LogP contribution in [-0.4, -0.2) is 30.4 Å². The molecule has 0 spiro atoms. The zero-order chi connectivity index (χ0) is 12.2. The predicted molar refractivity (Wildman–Crippen MR) is 55.9 cm³/mol. The van der Waals surface area contributed by atoms with E-state index in [1.54, 1.807) is 0 Å². The van der Waals surface area contributed by atoms with Gasteiger partial charge in [-0.3, -0.25) is 4.84 Å². The fourth-order valence-corrected chi connectivity index (χ4v) is 2.06. The molecule has 0 bridgehead atoms. The predicted octanol–water partition coefficient (Wildman–Crippen LogP) is 3.52. The van der Waals surface area contributed by atoms with Crippen molar-refractivity contribution in [3.8, 4) is 0 Å². The molecule has 1 fully saturated rings. The molecule has 96 valence electrons. The van der Waals surface area contributed by atoms with Crippen LogP contribution in [-0.2, 0) is 4.84 Å². The molecule has 1 aliphatic heterocycles. The Balaban J connectivity index is 2.27. The Hall–Kier alpha value is -0.290. The second-order valence-electron chi connectivity index (χ2n) is 4.42. The standard InChI is InChI=1S/C11H20F3NO/c1-3-4-5-6-7-9-8-10(11(12,13)14)15(2)16-9/h9-10H,3-8H2,1-2H3/t9-,10+/m1/s1. The maximum Gasteiger partial charge on any atom is 0.406 e. The monoisotopic (exact) mass is 239 g/mol. The minimum Gasteiger partial charge on any atom is -0.295 e. The summed E-state index contributed by atoms with van der Waals surface area (Å²) in [6, 6.07) is -1.43. The third kappa shape index (κ3) is 3.94. The molecule has 5 heteroatoms. The molecular formula is C11H20F3NO. The smallest absolute Gasteiger partial charge is 0.295 e. The molecule has 0 aromatic rings. The Morgan fingerprint density at radius 3 is 2.44 bits per heavy atom. The molecule has 1 aliphatic rings. The fraction of sp³-hybridized carbons (Fsp3) is 1.00. The molecule has 0 aromatic heterocycles. The average molecular weight is 239 g/mol. The van der Waals surface area contributed by atoms with E-state index in [0.717, 1.165) is 37.2 Å². The Morgan fingerprint density at radius 1 is 1.25 bits per heavy atom. The zero-order valence-corrected chi connectivity index (χ0v) is 9.89. The molecule has 2 nitrogen and oxygen atoms in total. The lowest BCUT2D eigenvalue weighted by Crippen LogP contribution is -2.37. The number of hydrogen-bond donors (Lipinski definition) is 0. The first kappa shape index (κ1) is 13.8. The third-order valence-corrected chi connectivity index (χ3v) is 3.00. The Kier molecular flexibility index (Phi) is 5.05. The van der Waals surface area contributed by atoms with E-state index in [1.807, 2.05) is 0 Å². The summed E-state index contributed by atoms with van der Waals surface area (Å²) in [4.78, 5) is 5.19. The normalized spacial score (nSPS) is 27.6. The molecule has 0 aliphatic carbocycles. The van der Waals surface area contributed by atoms with E-state index in [0.29, 0.717) is 0 Å². The van der Waals surface area contributed by atoms with Gasteiger partial charge in [0.05, 0.1) is 6.10 Å². The number of alkyl halides is 3. The van der Waals surface area contributed by atoms with Gasteiger partial charge < -0.3 is 0 Å². The quantitative estimate of drug-likeness (QED) is 0.680. The van der Waals surface area contributed by atoms with E-state index in [2.05, 4.69) is 6.92 Å². The summed E-state index contributed by atoms with van der Waals surface area (Å²) in [5.41, 5.74) is 0. The topological polar surface area (TPSA) is 12.5 Å². The van der Waals surface area contributed by atoms with Gasteiger partial charge in [0.1, 0.15) is 6.04 Å². The van der Waals surface area contributed by atoms with Gasteiger partial charge in [-0.05, 0) is 6.42 Å². The van der Waals surface area contributed by atoms with Crippen LogP contribution in [0.4, 0.5) is 13.2 Å². The van der Waals surface area contributed by atoms with Crippen molar-refractivity contribution in [2.75, 3.05) is 7.05 Å². The number of unbranched alkanes of at least 4 members (excludes halogenated alkanes) is 3. The molecule has 2 atom stereocenters. The summed E-state index contributed by atoms with van der Waals surface area (Å²) in [6.07, 6.45) is 0.694. The molecule has 16 heavy (non-hydrogen) atoms. The lowest BCUT2D eigenvalue weighted by atomic mass is 10.0. The maximum atomic E-state index is 12.5. The fourth-order valence-electron chi connectivity index (χ4n) is 2.06. The molecule has 1 rings (SSSR count). The largest absolute Gasteiger partial charge is 0.406 e. The summed E-state index contributed by atoms with van der Waals surface area (Å²) in [6.45, 7) is 2.11. The Morgan fingerprint density at radius 2 is 1.94 bits per heavy atom. The van der Waals surface area contributed by atoms with Crippen LogP contribution < -0.4 is 0 Å². The molecule has 0 N–H and O–H groups in total. The van der Waals surface area contributed by atoms with Crippen molar-refractivity contribution in [3.63, 3.8) is 0 Å². The molecule has 0 aromatic carbocycles. The van der Waals surface area contributed by atoms with Gasteiger partial charge in [-0.2, -0.15) is 18.2 Å². The summed E-state index contributed by atoms with van der Waals surface area (Å²) in [5.74, 6) is 0. The molecule has 0 saturated carbocycles. The molecule has 1 heterocycles. The van der Waals surface area contributed by atoms with Crippen molar-refractivity contribution >= 4 is 0 Å². The van der Waals surface area contributed by atoms with Gasteiger partial charge in [0.15, 0.2) is 0 Å². The zero-order valence-electron chi connectivity index (χ0n) is 9.89. The highest BCUT2D eigenvalue weighted by molar-refractivity contribution is 4.82. The van der Waals surface area contributed by atoms with Gasteiger partial charge in [0.2, 0.25) is 0 Å². The van der Waals surface area contributed by atoms with Gasteiger partial charge in [-0.25, -0.2) is 0 Å². The van der Waals surface area contributed by atoms with Crippen molar-refractivity contribution in [2.45, 2.75) is 63.8 Å². The highest BCUT2D eigenvalue weighted by atomic mass is 19.4. The number of hydroxylamine groups is 2. The summed E-state index contributed by atoms with van der Waals surface area (Å²) in [5, 5.41) is 0.963. The number of rotatable bonds is 5. The lowest BCUT2D eigenvalue weighted by Gasteiger charge is -2.19. The van der Waals surface area contributed by atoms with E-state index < -0.39 is 12.2 Å². The van der Waals surface area contributed by atoms with E-state index in [9.17, 15) is 13.2 Å². The van der Waals surface area contributed by atoms with Crippen LogP contribution in [0.2, 0.25) is 0 Å². The van der Waals surface area contributed by atoms with Crippen LogP contribution >= 0.6 is 0 Å². The molecular weight excluding hydrogens is 219 g/mol. The minimum absolute atomic E-state index is 0.0755. The van der Waals surface area contributed by atoms with Crippen molar-refractivity contribution in [3.05, 3.63) is 0 Å².